The molecule has 0 aliphatic rings. The van der Waals surface area contributed by atoms with Gasteiger partial charge in [0.25, 0.3) is 0 Å². The van der Waals surface area contributed by atoms with Gasteiger partial charge in [-0.15, -0.1) is 0 Å². The first-order chi connectivity index (χ1) is 12.1. The molecule has 0 spiro atoms. The summed E-state index contributed by atoms with van der Waals surface area (Å²) >= 11 is 0. The van der Waals surface area contributed by atoms with Gasteiger partial charge in [0.15, 0.2) is 0 Å². The van der Waals surface area contributed by atoms with E-state index >= 15 is 0 Å². The van der Waals surface area contributed by atoms with Crippen LogP contribution in [0.25, 0.3) is 17.2 Å². The summed E-state index contributed by atoms with van der Waals surface area (Å²) in [6.45, 7) is -0.500. The monoisotopic (exact) mass is 343 g/mol. The second-order valence-corrected chi connectivity index (χ2v) is 6.03. The fraction of sp³-hybridized carbons (Fsp3) is 0.300. The van der Waals surface area contributed by atoms with E-state index in [1.807, 2.05) is 60.7 Å². The highest BCUT2D eigenvalue weighted by Gasteiger charge is 2.24. The summed E-state index contributed by atoms with van der Waals surface area (Å²) in [7, 11) is 0. The lowest BCUT2D eigenvalue weighted by atomic mass is 10.0. The Labute approximate surface area is 148 Å². The highest BCUT2D eigenvalue weighted by Crippen LogP contribution is 2.23. The van der Waals surface area contributed by atoms with Gasteiger partial charge in [-0.25, -0.2) is 0 Å². The third-order valence-electron chi connectivity index (χ3n) is 3.86. The number of nitrogens with two attached hydrogens (primary N) is 1. The Morgan fingerprint density at radius 2 is 1.44 bits per heavy atom. The summed E-state index contributed by atoms with van der Waals surface area (Å²) < 4.78 is 5.54. The Bertz CT molecular complexity index is 661. The van der Waals surface area contributed by atoms with Crippen LogP contribution in [-0.4, -0.2) is 47.3 Å². The fourth-order valence-corrected chi connectivity index (χ4v) is 2.19. The molecule has 0 aromatic heterocycles. The van der Waals surface area contributed by atoms with Crippen LogP contribution in [0.3, 0.4) is 0 Å². The Morgan fingerprint density at radius 3 is 1.96 bits per heavy atom. The van der Waals surface area contributed by atoms with Crippen LogP contribution >= 0.6 is 0 Å². The van der Waals surface area contributed by atoms with Gasteiger partial charge in [0.2, 0.25) is 0 Å². The van der Waals surface area contributed by atoms with E-state index < -0.39 is 5.54 Å². The number of hydrogen-bond acceptors (Lipinski definition) is 5. The minimum absolute atomic E-state index is 0.0359. The SMILES string of the molecule is NC(CO)(CO)COc1ccc(-c2ccc(/C=C/CCO)cc2)cc1. The normalized spacial score (nSPS) is 11.8. The van der Waals surface area contributed by atoms with Crippen molar-refractivity contribution in [3.63, 3.8) is 0 Å². The highest BCUT2D eigenvalue weighted by atomic mass is 16.5. The second kappa shape index (κ2) is 9.34. The van der Waals surface area contributed by atoms with Gasteiger partial charge in [-0.05, 0) is 35.2 Å². The van der Waals surface area contributed by atoms with Gasteiger partial charge in [-0.1, -0.05) is 48.6 Å². The summed E-state index contributed by atoms with van der Waals surface area (Å²) in [4.78, 5) is 0. The minimum Gasteiger partial charge on any atom is -0.491 e. The molecule has 5 N–H and O–H groups in total. The Balaban J connectivity index is 1.99. The largest absolute Gasteiger partial charge is 0.491 e. The maximum atomic E-state index is 9.16. The zero-order valence-electron chi connectivity index (χ0n) is 14.1. The zero-order valence-corrected chi connectivity index (χ0v) is 14.1. The van der Waals surface area contributed by atoms with Gasteiger partial charge in [-0.2, -0.15) is 0 Å². The number of aliphatic hydroxyl groups excluding tert-OH is 3. The molecule has 0 bridgehead atoms. The molecule has 0 fully saturated rings. The molecule has 0 radical (unpaired) electrons. The summed E-state index contributed by atoms with van der Waals surface area (Å²) in [5.74, 6) is 0.629. The van der Waals surface area contributed by atoms with E-state index in [0.717, 1.165) is 16.7 Å². The lowest BCUT2D eigenvalue weighted by Gasteiger charge is -2.24. The van der Waals surface area contributed by atoms with Crippen LogP contribution in [0.4, 0.5) is 0 Å². The molecular formula is C20H25NO4. The summed E-state index contributed by atoms with van der Waals surface area (Å²) in [6, 6.07) is 15.7. The lowest BCUT2D eigenvalue weighted by Crippen LogP contribution is -2.52. The second-order valence-electron chi connectivity index (χ2n) is 6.03. The van der Waals surface area contributed by atoms with Crippen LogP contribution in [0.5, 0.6) is 5.75 Å². The first-order valence-corrected chi connectivity index (χ1v) is 8.21. The fourth-order valence-electron chi connectivity index (χ4n) is 2.19. The van der Waals surface area contributed by atoms with E-state index in [1.165, 1.54) is 0 Å². The molecule has 5 nitrogen and oxygen atoms in total. The van der Waals surface area contributed by atoms with Crippen LogP contribution in [0, 0.1) is 0 Å². The molecule has 0 atom stereocenters. The average Bonchev–Trinajstić information content (AvgIpc) is 2.67. The van der Waals surface area contributed by atoms with Gasteiger partial charge in [0.1, 0.15) is 12.4 Å². The molecule has 2 rings (SSSR count). The Hall–Kier alpha value is -2.18. The molecule has 134 valence electrons. The molecule has 0 aliphatic carbocycles. The van der Waals surface area contributed by atoms with Crippen molar-refractivity contribution in [1.29, 1.82) is 0 Å². The van der Waals surface area contributed by atoms with E-state index in [9.17, 15) is 0 Å². The van der Waals surface area contributed by atoms with Gasteiger partial charge in [0, 0.05) is 6.61 Å². The Morgan fingerprint density at radius 1 is 0.880 bits per heavy atom. The average molecular weight is 343 g/mol. The maximum Gasteiger partial charge on any atom is 0.119 e. The molecule has 5 heteroatoms. The third kappa shape index (κ3) is 5.69. The molecule has 25 heavy (non-hydrogen) atoms. The van der Waals surface area contributed by atoms with Crippen molar-refractivity contribution in [1.82, 2.24) is 0 Å². The van der Waals surface area contributed by atoms with Crippen LogP contribution in [-0.2, 0) is 0 Å². The van der Waals surface area contributed by atoms with E-state index in [2.05, 4.69) is 0 Å². The van der Waals surface area contributed by atoms with Crippen LogP contribution < -0.4 is 10.5 Å². The molecule has 0 saturated heterocycles. The van der Waals surface area contributed by atoms with Gasteiger partial charge < -0.3 is 25.8 Å². The summed E-state index contributed by atoms with van der Waals surface area (Å²) in [5, 5.41) is 27.1. The molecule has 0 unspecified atom stereocenters. The lowest BCUT2D eigenvalue weighted by molar-refractivity contribution is 0.0785. The third-order valence-corrected chi connectivity index (χ3v) is 3.86. The predicted molar refractivity (Wildman–Crippen MR) is 99.2 cm³/mol. The molecule has 0 amide bonds. The first-order valence-electron chi connectivity index (χ1n) is 8.21. The smallest absolute Gasteiger partial charge is 0.119 e. The van der Waals surface area contributed by atoms with Crippen molar-refractivity contribution in [3.8, 4) is 16.9 Å². The van der Waals surface area contributed by atoms with Crippen molar-refractivity contribution >= 4 is 6.08 Å². The van der Waals surface area contributed by atoms with Crippen molar-refractivity contribution in [3.05, 3.63) is 60.2 Å². The minimum atomic E-state index is -1.14. The molecule has 2 aromatic rings. The number of hydrogen-bond donors (Lipinski definition) is 4. The van der Waals surface area contributed by atoms with Crippen LogP contribution in [0.1, 0.15) is 12.0 Å². The molecule has 2 aromatic carbocycles. The van der Waals surface area contributed by atoms with Gasteiger partial charge >= 0.3 is 0 Å². The maximum absolute atomic E-state index is 9.16. The van der Waals surface area contributed by atoms with E-state index in [0.29, 0.717) is 12.2 Å². The molecular weight excluding hydrogens is 318 g/mol. The quantitative estimate of drug-likeness (QED) is 0.557. The predicted octanol–water partition coefficient (Wildman–Crippen LogP) is 1.81. The molecule has 0 aliphatic heterocycles. The van der Waals surface area contributed by atoms with Crippen molar-refractivity contribution in [2.75, 3.05) is 26.4 Å². The highest BCUT2D eigenvalue weighted by molar-refractivity contribution is 5.66. The topological polar surface area (TPSA) is 95.9 Å². The van der Waals surface area contributed by atoms with Gasteiger partial charge in [0.05, 0.1) is 18.8 Å². The van der Waals surface area contributed by atoms with Crippen molar-refractivity contribution < 1.29 is 20.1 Å². The molecule has 0 saturated carbocycles. The van der Waals surface area contributed by atoms with Crippen LogP contribution in [0.2, 0.25) is 0 Å². The standard InChI is InChI=1S/C20H25NO4/c21-20(13-23,14-24)15-25-19-10-8-18(9-11-19)17-6-4-16(5-7-17)3-1-2-12-22/h1,3-11,22-24H,2,12-15,21H2/b3-1+. The van der Waals surface area contributed by atoms with Crippen molar-refractivity contribution in [2.45, 2.75) is 12.0 Å². The van der Waals surface area contributed by atoms with E-state index in [1.54, 1.807) is 0 Å². The zero-order chi connectivity index (χ0) is 18.1. The first kappa shape index (κ1) is 19.1. The van der Waals surface area contributed by atoms with E-state index in [-0.39, 0.29) is 26.4 Å². The van der Waals surface area contributed by atoms with Crippen LogP contribution in [0.15, 0.2) is 54.6 Å². The van der Waals surface area contributed by atoms with E-state index in [4.69, 9.17) is 25.8 Å². The van der Waals surface area contributed by atoms with Crippen molar-refractivity contribution in [2.24, 2.45) is 5.73 Å². The number of rotatable bonds is 9. The molecule has 0 heterocycles. The number of ether oxygens (including phenoxy) is 1. The summed E-state index contributed by atoms with van der Waals surface area (Å²) in [6.07, 6.45) is 4.58. The number of aliphatic hydroxyl groups is 3. The number of benzene rings is 2. The van der Waals surface area contributed by atoms with Gasteiger partial charge in [-0.3, -0.25) is 0 Å². The summed E-state index contributed by atoms with van der Waals surface area (Å²) in [5.41, 5.74) is 7.87. The Kier molecular flexibility index (Phi) is 7.16.